The Hall–Kier alpha value is -0.0800. The van der Waals surface area contributed by atoms with Gasteiger partial charge in [-0.2, -0.15) is 0 Å². The summed E-state index contributed by atoms with van der Waals surface area (Å²) in [5, 5.41) is 9.92. The van der Waals surface area contributed by atoms with Crippen LogP contribution in [-0.4, -0.2) is 17.3 Å². The number of nitrogens with two attached hydrogens (primary N) is 1. The third kappa shape index (κ3) is 0.775. The molecule has 1 unspecified atom stereocenters. The van der Waals surface area contributed by atoms with Crippen molar-refractivity contribution in [3.05, 3.63) is 0 Å². The van der Waals surface area contributed by atoms with Crippen LogP contribution in [0.2, 0.25) is 0 Å². The van der Waals surface area contributed by atoms with E-state index in [1.807, 2.05) is 0 Å². The Balaban J connectivity index is 1.93. The average Bonchev–Trinajstić information content (AvgIpc) is 2.07. The molecule has 4 aliphatic rings. The molecule has 3 N–H and O–H groups in total. The minimum Gasteiger partial charge on any atom is -0.392 e. The quantitative estimate of drug-likeness (QED) is 0.559. The molecule has 0 aliphatic heterocycles. The van der Waals surface area contributed by atoms with Gasteiger partial charge in [0, 0.05) is 12.0 Å². The van der Waals surface area contributed by atoms with Gasteiger partial charge in [-0.3, -0.25) is 0 Å². The Morgan fingerprint density at radius 2 is 1.75 bits per heavy atom. The van der Waals surface area contributed by atoms with E-state index in [4.69, 9.17) is 5.73 Å². The van der Waals surface area contributed by atoms with Crippen LogP contribution >= 0.6 is 0 Å². The van der Waals surface area contributed by atoms with Crippen LogP contribution in [0.4, 0.5) is 0 Å². The molecule has 0 radical (unpaired) electrons. The molecule has 0 saturated heterocycles. The second-order valence-corrected chi connectivity index (χ2v) is 5.06. The smallest absolute Gasteiger partial charge is 0.0611 e. The van der Waals surface area contributed by atoms with Gasteiger partial charge in [0.1, 0.15) is 0 Å². The maximum absolute atomic E-state index is 9.92. The van der Waals surface area contributed by atoms with E-state index in [1.165, 1.54) is 25.7 Å². The first-order chi connectivity index (χ1) is 5.75. The first-order valence-electron chi connectivity index (χ1n) is 5.19. The van der Waals surface area contributed by atoms with Crippen molar-refractivity contribution in [3.8, 4) is 0 Å². The van der Waals surface area contributed by atoms with E-state index in [0.717, 1.165) is 11.8 Å². The molecule has 4 bridgehead atoms. The fraction of sp³-hybridized carbons (Fsp3) is 1.00. The van der Waals surface area contributed by atoms with E-state index in [-0.39, 0.29) is 6.10 Å². The van der Waals surface area contributed by atoms with Crippen molar-refractivity contribution in [2.45, 2.75) is 37.8 Å². The Labute approximate surface area is 73.1 Å². The summed E-state index contributed by atoms with van der Waals surface area (Å²) in [5.74, 6) is 2.70. The molecule has 2 heteroatoms. The van der Waals surface area contributed by atoms with Crippen molar-refractivity contribution >= 4 is 0 Å². The predicted octanol–water partition coefficient (Wildman–Crippen LogP) is 0.741. The molecule has 0 aromatic rings. The number of aliphatic hydroxyl groups excluding tert-OH is 1. The van der Waals surface area contributed by atoms with E-state index in [1.54, 1.807) is 0 Å². The van der Waals surface area contributed by atoms with Gasteiger partial charge in [0.05, 0.1) is 6.10 Å². The number of hydrogen-bond donors (Lipinski definition) is 2. The van der Waals surface area contributed by atoms with Crippen LogP contribution in [0.15, 0.2) is 0 Å². The fourth-order valence-electron chi connectivity index (χ4n) is 3.93. The van der Waals surface area contributed by atoms with Gasteiger partial charge in [-0.15, -0.1) is 0 Å². The number of hydrogen-bond acceptors (Lipinski definition) is 2. The maximum atomic E-state index is 9.92. The highest BCUT2D eigenvalue weighted by molar-refractivity contribution is 5.04. The topological polar surface area (TPSA) is 46.2 Å². The molecule has 0 heterocycles. The molecule has 6 atom stereocenters. The van der Waals surface area contributed by atoms with E-state index >= 15 is 0 Å². The third-order valence-electron chi connectivity index (χ3n) is 4.44. The summed E-state index contributed by atoms with van der Waals surface area (Å²) in [6.45, 7) is 0. The second kappa shape index (κ2) is 2.24. The van der Waals surface area contributed by atoms with Crippen molar-refractivity contribution in [2.24, 2.45) is 29.4 Å². The molecule has 4 rings (SSSR count). The van der Waals surface area contributed by atoms with Gasteiger partial charge in [0.25, 0.3) is 0 Å². The molecular formula is C10H17NO. The average molecular weight is 167 g/mol. The molecule has 0 spiro atoms. The Bertz CT molecular complexity index is 188. The van der Waals surface area contributed by atoms with Crippen molar-refractivity contribution in [1.82, 2.24) is 0 Å². The number of rotatable bonds is 0. The molecule has 0 aromatic carbocycles. The molecule has 68 valence electrons. The lowest BCUT2D eigenvalue weighted by atomic mass is 9.53. The highest BCUT2D eigenvalue weighted by Gasteiger charge is 2.51. The van der Waals surface area contributed by atoms with Gasteiger partial charge >= 0.3 is 0 Å². The lowest BCUT2D eigenvalue weighted by Crippen LogP contribution is -2.59. The standard InChI is InChI=1S/C10H17NO/c11-9-6-1-5-2-7(4-6)10(12)8(9)3-5/h5-10,12H,1-4,11H2/t5?,6-,7+,8+,9+,10+/m0/s1. The minimum atomic E-state index is -0.0622. The first-order valence-corrected chi connectivity index (χ1v) is 5.19. The third-order valence-corrected chi connectivity index (χ3v) is 4.44. The monoisotopic (exact) mass is 167 g/mol. The summed E-state index contributed by atoms with van der Waals surface area (Å²) < 4.78 is 0. The molecular weight excluding hydrogens is 150 g/mol. The van der Waals surface area contributed by atoms with Crippen LogP contribution in [0.3, 0.4) is 0 Å². The summed E-state index contributed by atoms with van der Waals surface area (Å²) in [6, 6.07) is 0.313. The van der Waals surface area contributed by atoms with Crippen LogP contribution in [0.5, 0.6) is 0 Å². The van der Waals surface area contributed by atoms with Gasteiger partial charge in [-0.05, 0) is 43.4 Å². The summed E-state index contributed by atoms with van der Waals surface area (Å²) in [7, 11) is 0. The van der Waals surface area contributed by atoms with Crippen molar-refractivity contribution in [1.29, 1.82) is 0 Å². The molecule has 4 fully saturated rings. The van der Waals surface area contributed by atoms with E-state index < -0.39 is 0 Å². The largest absolute Gasteiger partial charge is 0.392 e. The predicted molar refractivity (Wildman–Crippen MR) is 46.4 cm³/mol. The molecule has 4 saturated carbocycles. The molecule has 12 heavy (non-hydrogen) atoms. The van der Waals surface area contributed by atoms with Gasteiger partial charge in [-0.1, -0.05) is 0 Å². The molecule has 4 aliphatic carbocycles. The van der Waals surface area contributed by atoms with Crippen LogP contribution in [-0.2, 0) is 0 Å². The first kappa shape index (κ1) is 7.34. The van der Waals surface area contributed by atoms with Crippen LogP contribution in [0.25, 0.3) is 0 Å². The van der Waals surface area contributed by atoms with Crippen molar-refractivity contribution < 1.29 is 5.11 Å². The Morgan fingerprint density at radius 3 is 2.58 bits per heavy atom. The fourth-order valence-corrected chi connectivity index (χ4v) is 3.93. The summed E-state index contributed by atoms with van der Waals surface area (Å²) in [5.41, 5.74) is 6.10. The maximum Gasteiger partial charge on any atom is 0.0611 e. The Morgan fingerprint density at radius 1 is 1.00 bits per heavy atom. The highest BCUT2D eigenvalue weighted by atomic mass is 16.3. The summed E-state index contributed by atoms with van der Waals surface area (Å²) >= 11 is 0. The van der Waals surface area contributed by atoms with Gasteiger partial charge in [0.2, 0.25) is 0 Å². The lowest BCUT2D eigenvalue weighted by molar-refractivity contribution is -0.104. The zero-order chi connectivity index (χ0) is 8.29. The lowest BCUT2D eigenvalue weighted by Gasteiger charge is -2.55. The van der Waals surface area contributed by atoms with Crippen molar-refractivity contribution in [2.75, 3.05) is 0 Å². The summed E-state index contributed by atoms with van der Waals surface area (Å²) in [6.07, 6.45) is 4.97. The van der Waals surface area contributed by atoms with E-state index in [9.17, 15) is 5.11 Å². The van der Waals surface area contributed by atoms with Gasteiger partial charge in [-0.25, -0.2) is 0 Å². The van der Waals surface area contributed by atoms with Crippen LogP contribution in [0.1, 0.15) is 25.7 Å². The van der Waals surface area contributed by atoms with Crippen molar-refractivity contribution in [3.63, 3.8) is 0 Å². The Kier molecular flexibility index (Phi) is 1.37. The molecule has 2 nitrogen and oxygen atoms in total. The second-order valence-electron chi connectivity index (χ2n) is 5.06. The van der Waals surface area contributed by atoms with Crippen LogP contribution < -0.4 is 5.73 Å². The number of aliphatic hydroxyl groups is 1. The van der Waals surface area contributed by atoms with E-state index in [0.29, 0.717) is 17.9 Å². The SMILES string of the molecule is N[C@@H]1[C@H]2CC3C[C@H](C2)[C@@H](O)[C@@H]1C3. The zero-order valence-corrected chi connectivity index (χ0v) is 7.32. The molecule has 0 aromatic heterocycles. The normalized spacial score (nSPS) is 62.5. The molecule has 0 amide bonds. The summed E-state index contributed by atoms with van der Waals surface area (Å²) in [4.78, 5) is 0. The van der Waals surface area contributed by atoms with Gasteiger partial charge in [0.15, 0.2) is 0 Å². The minimum absolute atomic E-state index is 0.0622. The van der Waals surface area contributed by atoms with E-state index in [2.05, 4.69) is 0 Å². The highest BCUT2D eigenvalue weighted by Crippen LogP contribution is 2.53. The van der Waals surface area contributed by atoms with Crippen LogP contribution in [0, 0.1) is 23.7 Å². The zero-order valence-electron chi connectivity index (χ0n) is 7.32. The van der Waals surface area contributed by atoms with Gasteiger partial charge < -0.3 is 10.8 Å².